The van der Waals surface area contributed by atoms with E-state index in [4.69, 9.17) is 0 Å². The van der Waals surface area contributed by atoms with Crippen molar-refractivity contribution in [1.82, 2.24) is 14.9 Å². The summed E-state index contributed by atoms with van der Waals surface area (Å²) in [6, 6.07) is 9.36. The minimum atomic E-state index is -0.218. The number of thiophene rings is 1. The largest absolute Gasteiger partial charge is 0.342 e. The topological polar surface area (TPSA) is 95.2 Å². The summed E-state index contributed by atoms with van der Waals surface area (Å²) in [5, 5.41) is 3.57. The van der Waals surface area contributed by atoms with E-state index in [1.165, 1.54) is 11.3 Å². The first-order valence-corrected chi connectivity index (χ1v) is 11.4. The quantitative estimate of drug-likeness (QED) is 0.638. The molecule has 2 aromatic heterocycles. The van der Waals surface area contributed by atoms with Crippen LogP contribution in [0.3, 0.4) is 0 Å². The predicted octanol–water partition coefficient (Wildman–Crippen LogP) is 3.41. The molecule has 0 spiro atoms. The van der Waals surface area contributed by atoms with Gasteiger partial charge in [-0.1, -0.05) is 18.2 Å². The molecule has 3 aromatic rings. The zero-order valence-corrected chi connectivity index (χ0v) is 18.6. The number of aromatic amines is 1. The van der Waals surface area contributed by atoms with Gasteiger partial charge in [-0.2, -0.15) is 0 Å². The highest BCUT2D eigenvalue weighted by Crippen LogP contribution is 2.26. The van der Waals surface area contributed by atoms with Gasteiger partial charge in [0.1, 0.15) is 10.7 Å². The highest BCUT2D eigenvalue weighted by molar-refractivity contribution is 7.18. The van der Waals surface area contributed by atoms with Crippen LogP contribution in [0.5, 0.6) is 0 Å². The number of piperidine rings is 1. The van der Waals surface area contributed by atoms with Gasteiger partial charge in [0.25, 0.3) is 5.56 Å². The molecule has 0 radical (unpaired) electrons. The number of carbonyl (C=O) groups excluding carboxylic acids is 2. The Hall–Kier alpha value is -3.00. The molecule has 2 amide bonds. The highest BCUT2D eigenvalue weighted by Gasteiger charge is 2.28. The number of aromatic nitrogens is 2. The molecule has 4 rings (SSSR count). The standard InChI is InChI=1S/C23H26N4O3S/c1-14-15(2)31-23-20(14)22(30)25-18(26-23)10-11-19(28)27-12-6-7-16(13-27)21(29)24-17-8-4-3-5-9-17/h3-5,8-9,16H,6-7,10-13H2,1-2H3,(H,24,29)(H,25,26,30). The van der Waals surface area contributed by atoms with Crippen LogP contribution in [0.15, 0.2) is 35.1 Å². The third kappa shape index (κ3) is 4.69. The number of fused-ring (bicyclic) bond motifs is 1. The van der Waals surface area contributed by atoms with Crippen molar-refractivity contribution in [3.05, 3.63) is 57.0 Å². The molecule has 8 heteroatoms. The first-order chi connectivity index (χ1) is 14.9. The molecule has 2 N–H and O–H groups in total. The summed E-state index contributed by atoms with van der Waals surface area (Å²) >= 11 is 1.50. The molecule has 1 aliphatic heterocycles. The van der Waals surface area contributed by atoms with Crippen LogP contribution in [-0.4, -0.2) is 39.8 Å². The van der Waals surface area contributed by atoms with Crippen molar-refractivity contribution in [3.8, 4) is 0 Å². The van der Waals surface area contributed by atoms with E-state index in [-0.39, 0.29) is 29.7 Å². The van der Waals surface area contributed by atoms with Gasteiger partial charge >= 0.3 is 0 Å². The summed E-state index contributed by atoms with van der Waals surface area (Å²) in [5.74, 6) is 0.244. The van der Waals surface area contributed by atoms with Crippen molar-refractivity contribution in [1.29, 1.82) is 0 Å². The third-order valence-electron chi connectivity index (χ3n) is 5.85. The van der Waals surface area contributed by atoms with Crippen LogP contribution < -0.4 is 10.9 Å². The Morgan fingerprint density at radius 1 is 1.26 bits per heavy atom. The summed E-state index contributed by atoms with van der Waals surface area (Å²) in [6.07, 6.45) is 2.20. The van der Waals surface area contributed by atoms with Gasteiger partial charge in [-0.3, -0.25) is 14.4 Å². The van der Waals surface area contributed by atoms with Gasteiger partial charge in [0, 0.05) is 36.5 Å². The van der Waals surface area contributed by atoms with Crippen LogP contribution in [0, 0.1) is 19.8 Å². The Morgan fingerprint density at radius 2 is 2.03 bits per heavy atom. The number of nitrogens with zero attached hydrogens (tertiary/aromatic N) is 2. The predicted molar refractivity (Wildman–Crippen MR) is 122 cm³/mol. The van der Waals surface area contributed by atoms with Gasteiger partial charge in [-0.15, -0.1) is 11.3 Å². The van der Waals surface area contributed by atoms with E-state index >= 15 is 0 Å². The molecule has 1 aromatic carbocycles. The Kier molecular flexibility index (Phi) is 6.18. The monoisotopic (exact) mass is 438 g/mol. The van der Waals surface area contributed by atoms with Crippen molar-refractivity contribution in [2.75, 3.05) is 18.4 Å². The molecule has 3 heterocycles. The number of anilines is 1. The van der Waals surface area contributed by atoms with E-state index in [1.807, 2.05) is 44.2 Å². The molecule has 7 nitrogen and oxygen atoms in total. The van der Waals surface area contributed by atoms with Gasteiger partial charge in [0.2, 0.25) is 11.8 Å². The SMILES string of the molecule is Cc1sc2nc(CCC(=O)N3CCCC(C(=O)Nc4ccccc4)C3)[nH]c(=O)c2c1C. The number of carbonyl (C=O) groups is 2. The summed E-state index contributed by atoms with van der Waals surface area (Å²) in [6.45, 7) is 4.98. The molecular formula is C23H26N4O3S. The molecular weight excluding hydrogens is 412 g/mol. The smallest absolute Gasteiger partial charge is 0.259 e. The fourth-order valence-corrected chi connectivity index (χ4v) is 5.03. The van der Waals surface area contributed by atoms with E-state index in [1.54, 1.807) is 4.90 Å². The lowest BCUT2D eigenvalue weighted by molar-refractivity contribution is -0.134. The number of hydrogen-bond acceptors (Lipinski definition) is 5. The lowest BCUT2D eigenvalue weighted by Crippen LogP contribution is -2.43. The maximum atomic E-state index is 12.8. The summed E-state index contributed by atoms with van der Waals surface area (Å²) in [5.41, 5.74) is 1.58. The average molecular weight is 439 g/mol. The van der Waals surface area contributed by atoms with Crippen LogP contribution >= 0.6 is 11.3 Å². The number of benzene rings is 1. The van der Waals surface area contributed by atoms with Crippen LogP contribution in [0.4, 0.5) is 5.69 Å². The van der Waals surface area contributed by atoms with Gasteiger partial charge in [-0.25, -0.2) is 4.98 Å². The van der Waals surface area contributed by atoms with Gasteiger partial charge in [0.05, 0.1) is 11.3 Å². The molecule has 1 saturated heterocycles. The lowest BCUT2D eigenvalue weighted by atomic mass is 9.96. The van der Waals surface area contributed by atoms with Crippen molar-refractivity contribution >= 4 is 39.1 Å². The second-order valence-electron chi connectivity index (χ2n) is 8.01. The number of nitrogens with one attached hydrogen (secondary N) is 2. The maximum Gasteiger partial charge on any atom is 0.259 e. The van der Waals surface area contributed by atoms with Crippen molar-refractivity contribution in [2.24, 2.45) is 5.92 Å². The van der Waals surface area contributed by atoms with Crippen LogP contribution in [0.2, 0.25) is 0 Å². The zero-order valence-electron chi connectivity index (χ0n) is 17.7. The molecule has 0 bridgehead atoms. The van der Waals surface area contributed by atoms with Gasteiger partial charge in [-0.05, 0) is 44.4 Å². The Morgan fingerprint density at radius 3 is 2.81 bits per heavy atom. The number of hydrogen-bond donors (Lipinski definition) is 2. The number of para-hydroxylation sites is 1. The minimum Gasteiger partial charge on any atom is -0.342 e. The minimum absolute atomic E-state index is 0.0153. The first-order valence-electron chi connectivity index (χ1n) is 10.5. The fraction of sp³-hybridized carbons (Fsp3) is 0.391. The van der Waals surface area contributed by atoms with Crippen LogP contribution in [0.25, 0.3) is 10.2 Å². The normalized spacial score (nSPS) is 16.5. The molecule has 31 heavy (non-hydrogen) atoms. The highest BCUT2D eigenvalue weighted by atomic mass is 32.1. The van der Waals surface area contributed by atoms with E-state index < -0.39 is 0 Å². The average Bonchev–Trinajstić information content (AvgIpc) is 3.06. The second kappa shape index (κ2) is 9.01. The lowest BCUT2D eigenvalue weighted by Gasteiger charge is -2.32. The maximum absolute atomic E-state index is 12.8. The number of aryl methyl sites for hydroxylation is 3. The summed E-state index contributed by atoms with van der Waals surface area (Å²) < 4.78 is 0. The van der Waals surface area contributed by atoms with Crippen molar-refractivity contribution in [3.63, 3.8) is 0 Å². The summed E-state index contributed by atoms with van der Waals surface area (Å²) in [7, 11) is 0. The Balaban J connectivity index is 1.37. The fourth-order valence-electron chi connectivity index (χ4n) is 3.98. The van der Waals surface area contributed by atoms with E-state index in [0.717, 1.165) is 33.8 Å². The Bertz CT molecular complexity index is 1170. The van der Waals surface area contributed by atoms with E-state index in [9.17, 15) is 14.4 Å². The van der Waals surface area contributed by atoms with Gasteiger partial charge < -0.3 is 15.2 Å². The zero-order chi connectivity index (χ0) is 22.0. The molecule has 0 saturated carbocycles. The molecule has 0 aliphatic carbocycles. The molecule has 1 aliphatic rings. The van der Waals surface area contributed by atoms with Crippen molar-refractivity contribution < 1.29 is 9.59 Å². The molecule has 1 atom stereocenters. The van der Waals surface area contributed by atoms with Crippen LogP contribution in [0.1, 0.15) is 35.5 Å². The third-order valence-corrected chi connectivity index (χ3v) is 6.95. The molecule has 1 unspecified atom stereocenters. The van der Waals surface area contributed by atoms with Gasteiger partial charge in [0.15, 0.2) is 0 Å². The molecule has 1 fully saturated rings. The summed E-state index contributed by atoms with van der Waals surface area (Å²) in [4.78, 5) is 48.7. The second-order valence-corrected chi connectivity index (χ2v) is 9.21. The van der Waals surface area contributed by atoms with E-state index in [2.05, 4.69) is 15.3 Å². The number of rotatable bonds is 5. The van der Waals surface area contributed by atoms with Crippen LogP contribution in [-0.2, 0) is 16.0 Å². The van der Waals surface area contributed by atoms with Crippen molar-refractivity contribution in [2.45, 2.75) is 39.5 Å². The first kappa shape index (κ1) is 21.2. The number of amides is 2. The molecule has 162 valence electrons. The number of likely N-dealkylation sites (tertiary alicyclic amines) is 1. The Labute approximate surface area is 184 Å². The van der Waals surface area contributed by atoms with E-state index in [0.29, 0.717) is 30.7 Å². The number of H-pyrrole nitrogens is 1.